The minimum absolute atomic E-state index is 0.161. The van der Waals surface area contributed by atoms with E-state index in [0.29, 0.717) is 37.0 Å². The lowest BCUT2D eigenvalue weighted by molar-refractivity contribution is 0.0952. The lowest BCUT2D eigenvalue weighted by Crippen LogP contribution is -2.39. The molecule has 0 radical (unpaired) electrons. The van der Waals surface area contributed by atoms with Crippen LogP contribution in [0.4, 0.5) is 0 Å². The second-order valence-corrected chi connectivity index (χ2v) is 9.01. The molecule has 2 rings (SSSR count). The Kier molecular flexibility index (Phi) is 6.40. The fourth-order valence-corrected chi connectivity index (χ4v) is 4.47. The predicted octanol–water partition coefficient (Wildman–Crippen LogP) is 2.88. The van der Waals surface area contributed by atoms with Gasteiger partial charge < -0.3 is 5.32 Å². The maximum Gasteiger partial charge on any atom is 0.251 e. The second kappa shape index (κ2) is 8.12. The van der Waals surface area contributed by atoms with E-state index in [2.05, 4.69) is 26.1 Å². The maximum absolute atomic E-state index is 12.7. The number of hydrogen-bond donors (Lipinski definition) is 1. The zero-order valence-electron chi connectivity index (χ0n) is 14.8. The van der Waals surface area contributed by atoms with E-state index in [0.717, 1.165) is 19.3 Å². The van der Waals surface area contributed by atoms with Crippen LogP contribution in [-0.2, 0) is 10.0 Å². The first-order valence-electron chi connectivity index (χ1n) is 8.69. The Bertz CT molecular complexity index is 653. The highest BCUT2D eigenvalue weighted by atomic mass is 32.2. The zero-order chi connectivity index (χ0) is 17.7. The molecule has 6 heteroatoms. The smallest absolute Gasteiger partial charge is 0.251 e. The Morgan fingerprint density at radius 1 is 1.29 bits per heavy atom. The van der Waals surface area contributed by atoms with Crippen molar-refractivity contribution in [1.82, 2.24) is 9.62 Å². The van der Waals surface area contributed by atoms with Crippen molar-refractivity contribution >= 4 is 15.9 Å². The summed E-state index contributed by atoms with van der Waals surface area (Å²) < 4.78 is 26.9. The Morgan fingerprint density at radius 2 is 1.96 bits per heavy atom. The quantitative estimate of drug-likeness (QED) is 0.856. The number of carbonyl (C=O) groups is 1. The Balaban J connectivity index is 2.04. The van der Waals surface area contributed by atoms with E-state index in [1.807, 2.05) is 0 Å². The molecule has 1 aliphatic rings. The molecule has 1 aromatic rings. The van der Waals surface area contributed by atoms with Crippen molar-refractivity contribution in [2.45, 2.75) is 44.9 Å². The van der Waals surface area contributed by atoms with Crippen LogP contribution in [0.3, 0.4) is 0 Å². The SMILES string of the molecule is CC(C)CCNC(=O)c1ccc(S(=O)(=O)N2CCCC(C)C2)cc1. The molecule has 0 saturated carbocycles. The summed E-state index contributed by atoms with van der Waals surface area (Å²) in [5, 5.41) is 2.86. The van der Waals surface area contributed by atoms with Crippen molar-refractivity contribution in [2.24, 2.45) is 11.8 Å². The summed E-state index contributed by atoms with van der Waals surface area (Å²) in [7, 11) is -3.46. The monoisotopic (exact) mass is 352 g/mol. The molecule has 1 aromatic carbocycles. The third kappa shape index (κ3) is 4.80. The number of hydrogen-bond acceptors (Lipinski definition) is 3. The first-order valence-corrected chi connectivity index (χ1v) is 10.1. The largest absolute Gasteiger partial charge is 0.352 e. The fraction of sp³-hybridized carbons (Fsp3) is 0.611. The van der Waals surface area contributed by atoms with Crippen LogP contribution in [0, 0.1) is 11.8 Å². The summed E-state index contributed by atoms with van der Waals surface area (Å²) in [5.41, 5.74) is 0.490. The molecule has 5 nitrogen and oxygen atoms in total. The highest BCUT2D eigenvalue weighted by Crippen LogP contribution is 2.23. The van der Waals surface area contributed by atoms with Gasteiger partial charge in [-0.1, -0.05) is 20.8 Å². The first-order chi connectivity index (χ1) is 11.3. The van der Waals surface area contributed by atoms with Crippen LogP contribution >= 0.6 is 0 Å². The van der Waals surface area contributed by atoms with E-state index < -0.39 is 10.0 Å². The number of sulfonamides is 1. The van der Waals surface area contributed by atoms with Gasteiger partial charge >= 0.3 is 0 Å². The van der Waals surface area contributed by atoms with Gasteiger partial charge in [-0.3, -0.25) is 4.79 Å². The van der Waals surface area contributed by atoms with Crippen LogP contribution in [0.15, 0.2) is 29.2 Å². The van der Waals surface area contributed by atoms with Crippen LogP contribution < -0.4 is 5.32 Å². The minimum Gasteiger partial charge on any atom is -0.352 e. The average Bonchev–Trinajstić information content (AvgIpc) is 2.54. The van der Waals surface area contributed by atoms with Gasteiger partial charge in [-0.2, -0.15) is 4.31 Å². The van der Waals surface area contributed by atoms with E-state index in [9.17, 15) is 13.2 Å². The summed E-state index contributed by atoms with van der Waals surface area (Å²) in [5.74, 6) is 0.760. The molecule has 1 N–H and O–H groups in total. The van der Waals surface area contributed by atoms with Crippen molar-refractivity contribution < 1.29 is 13.2 Å². The summed E-state index contributed by atoms with van der Waals surface area (Å²) in [6.45, 7) is 8.05. The van der Waals surface area contributed by atoms with Crippen LogP contribution in [0.5, 0.6) is 0 Å². The number of piperidine rings is 1. The molecule has 1 unspecified atom stereocenters. The van der Waals surface area contributed by atoms with Crippen molar-refractivity contribution in [3.63, 3.8) is 0 Å². The summed E-state index contributed by atoms with van der Waals surface area (Å²) >= 11 is 0. The third-order valence-corrected chi connectivity index (χ3v) is 6.26. The standard InChI is InChI=1S/C18H28N2O3S/c1-14(2)10-11-19-18(21)16-6-8-17(9-7-16)24(22,23)20-12-4-5-15(3)13-20/h6-9,14-15H,4-5,10-13H2,1-3H3,(H,19,21). The molecule has 1 saturated heterocycles. The van der Waals surface area contributed by atoms with Gasteiger partial charge in [0.25, 0.3) is 5.91 Å². The predicted molar refractivity (Wildman–Crippen MR) is 95.4 cm³/mol. The molecule has 0 aromatic heterocycles. The average molecular weight is 353 g/mol. The lowest BCUT2D eigenvalue weighted by Gasteiger charge is -2.30. The summed E-state index contributed by atoms with van der Waals surface area (Å²) in [6, 6.07) is 6.24. The number of nitrogens with zero attached hydrogens (tertiary/aromatic N) is 1. The van der Waals surface area contributed by atoms with E-state index >= 15 is 0 Å². The van der Waals surface area contributed by atoms with Gasteiger partial charge in [0.1, 0.15) is 0 Å². The van der Waals surface area contributed by atoms with Gasteiger partial charge in [0, 0.05) is 25.2 Å². The van der Waals surface area contributed by atoms with E-state index in [1.54, 1.807) is 16.4 Å². The molecule has 0 bridgehead atoms. The third-order valence-electron chi connectivity index (χ3n) is 4.38. The van der Waals surface area contributed by atoms with Crippen molar-refractivity contribution in [2.75, 3.05) is 19.6 Å². The molecule has 0 spiro atoms. The van der Waals surface area contributed by atoms with E-state index in [4.69, 9.17) is 0 Å². The van der Waals surface area contributed by atoms with Gasteiger partial charge in [-0.25, -0.2) is 8.42 Å². The Labute approximate surface area is 145 Å². The maximum atomic E-state index is 12.7. The molecule has 1 amide bonds. The molecule has 1 atom stereocenters. The van der Waals surface area contributed by atoms with Crippen molar-refractivity contribution in [3.05, 3.63) is 29.8 Å². The highest BCUT2D eigenvalue weighted by Gasteiger charge is 2.28. The van der Waals surface area contributed by atoms with Crippen molar-refractivity contribution in [1.29, 1.82) is 0 Å². The normalized spacial score (nSPS) is 19.4. The molecular weight excluding hydrogens is 324 g/mol. The number of amides is 1. The van der Waals surface area contributed by atoms with Crippen LogP contribution in [0.2, 0.25) is 0 Å². The van der Waals surface area contributed by atoms with Gasteiger partial charge in [0.15, 0.2) is 0 Å². The highest BCUT2D eigenvalue weighted by molar-refractivity contribution is 7.89. The van der Waals surface area contributed by atoms with Gasteiger partial charge in [0.2, 0.25) is 10.0 Å². The molecule has 1 heterocycles. The Morgan fingerprint density at radius 3 is 2.54 bits per heavy atom. The number of carbonyl (C=O) groups excluding carboxylic acids is 1. The van der Waals surface area contributed by atoms with Gasteiger partial charge in [-0.15, -0.1) is 0 Å². The second-order valence-electron chi connectivity index (χ2n) is 7.07. The fourth-order valence-electron chi connectivity index (χ4n) is 2.87. The lowest BCUT2D eigenvalue weighted by atomic mass is 10.0. The minimum atomic E-state index is -3.46. The van der Waals surface area contributed by atoms with Crippen LogP contribution in [0.25, 0.3) is 0 Å². The van der Waals surface area contributed by atoms with E-state index in [-0.39, 0.29) is 10.8 Å². The number of nitrogens with one attached hydrogen (secondary N) is 1. The van der Waals surface area contributed by atoms with Gasteiger partial charge in [-0.05, 0) is 55.4 Å². The summed E-state index contributed by atoms with van der Waals surface area (Å²) in [4.78, 5) is 12.3. The van der Waals surface area contributed by atoms with Crippen LogP contribution in [0.1, 0.15) is 50.4 Å². The number of benzene rings is 1. The first kappa shape index (κ1) is 18.9. The summed E-state index contributed by atoms with van der Waals surface area (Å²) in [6.07, 6.45) is 2.89. The van der Waals surface area contributed by atoms with Gasteiger partial charge in [0.05, 0.1) is 4.90 Å². The topological polar surface area (TPSA) is 66.5 Å². The molecular formula is C18H28N2O3S. The number of rotatable bonds is 6. The van der Waals surface area contributed by atoms with Crippen LogP contribution in [-0.4, -0.2) is 38.3 Å². The molecule has 0 aliphatic carbocycles. The molecule has 1 fully saturated rings. The Hall–Kier alpha value is -1.40. The van der Waals surface area contributed by atoms with E-state index in [1.165, 1.54) is 12.1 Å². The molecule has 24 heavy (non-hydrogen) atoms. The zero-order valence-corrected chi connectivity index (χ0v) is 15.6. The molecule has 1 aliphatic heterocycles. The van der Waals surface area contributed by atoms with Crippen molar-refractivity contribution in [3.8, 4) is 0 Å². The molecule has 134 valence electrons.